The molecule has 278 valence electrons. The molecule has 4 atom stereocenters. The second kappa shape index (κ2) is 12.9. The van der Waals surface area contributed by atoms with Crippen LogP contribution in [0.1, 0.15) is 104 Å². The van der Waals surface area contributed by atoms with Gasteiger partial charge in [0.25, 0.3) is 0 Å². The number of halogens is 1. The Morgan fingerprint density at radius 2 is 1.51 bits per heavy atom. The number of aromatic nitrogens is 2. The van der Waals surface area contributed by atoms with Crippen molar-refractivity contribution < 1.29 is 23.8 Å². The highest BCUT2D eigenvalue weighted by Crippen LogP contribution is 2.46. The van der Waals surface area contributed by atoms with E-state index in [-0.39, 0.29) is 36.4 Å². The Kier molecular flexibility index (Phi) is 8.67. The Morgan fingerprint density at radius 1 is 0.849 bits per heavy atom. The summed E-state index contributed by atoms with van der Waals surface area (Å²) in [5.74, 6) is 1.60. The molecule has 0 bridgehead atoms. The van der Waals surface area contributed by atoms with E-state index in [9.17, 15) is 9.59 Å². The molecule has 10 nitrogen and oxygen atoms in total. The van der Waals surface area contributed by atoms with E-state index >= 15 is 0 Å². The van der Waals surface area contributed by atoms with Gasteiger partial charge in [0, 0.05) is 35.3 Å². The number of imidazole rings is 1. The molecule has 1 N–H and O–H groups in total. The molecule has 0 radical (unpaired) electrons. The number of fused-ring (bicyclic) bond motifs is 6. The minimum absolute atomic E-state index is 0.0560. The predicted molar refractivity (Wildman–Crippen MR) is 210 cm³/mol. The molecule has 4 aromatic rings. The fourth-order valence-corrected chi connectivity index (χ4v) is 8.92. The third-order valence-electron chi connectivity index (χ3n) is 10.8. The zero-order valence-corrected chi connectivity index (χ0v) is 33.4. The first-order valence-corrected chi connectivity index (χ1v) is 19.6. The van der Waals surface area contributed by atoms with Crippen molar-refractivity contribution >= 4 is 50.3 Å². The number of ether oxygens (including phenoxy) is 3. The number of carbonyl (C=O) groups is 2. The number of benzene rings is 3. The monoisotopic (exact) mass is 781 g/mol. The molecule has 4 aliphatic rings. The van der Waals surface area contributed by atoms with Gasteiger partial charge >= 0.3 is 12.2 Å². The van der Waals surface area contributed by atoms with Crippen molar-refractivity contribution in [2.75, 3.05) is 0 Å². The summed E-state index contributed by atoms with van der Waals surface area (Å²) in [6.07, 6.45) is 3.60. The van der Waals surface area contributed by atoms with Crippen LogP contribution in [-0.2, 0) is 22.5 Å². The van der Waals surface area contributed by atoms with Crippen molar-refractivity contribution in [3.63, 3.8) is 0 Å². The zero-order valence-electron chi connectivity index (χ0n) is 31.8. The van der Waals surface area contributed by atoms with Gasteiger partial charge in [-0.05, 0) is 149 Å². The number of amides is 2. The topological polar surface area (TPSA) is 109 Å². The van der Waals surface area contributed by atoms with E-state index < -0.39 is 11.2 Å². The van der Waals surface area contributed by atoms with Crippen LogP contribution in [-0.4, -0.2) is 67.0 Å². The first-order valence-electron chi connectivity index (χ1n) is 18.8. The van der Waals surface area contributed by atoms with Gasteiger partial charge in [-0.1, -0.05) is 18.2 Å². The van der Waals surface area contributed by atoms with Crippen LogP contribution < -0.4 is 4.74 Å². The lowest BCUT2D eigenvalue weighted by Crippen LogP contribution is -2.46. The lowest BCUT2D eigenvalue weighted by Gasteiger charge is -2.31. The van der Waals surface area contributed by atoms with Gasteiger partial charge in [-0.15, -0.1) is 0 Å². The van der Waals surface area contributed by atoms with Crippen LogP contribution in [0, 0.1) is 0 Å². The molecular weight excluding hydrogens is 734 g/mol. The summed E-state index contributed by atoms with van der Waals surface area (Å²) in [7, 11) is 0. The zero-order chi connectivity index (χ0) is 37.6. The van der Waals surface area contributed by atoms with Crippen molar-refractivity contribution in [1.29, 1.82) is 0 Å². The summed E-state index contributed by atoms with van der Waals surface area (Å²) in [6, 6.07) is 14.9. The number of aromatic amines is 1. The van der Waals surface area contributed by atoms with Crippen LogP contribution in [0.4, 0.5) is 15.3 Å². The van der Waals surface area contributed by atoms with E-state index in [1.165, 1.54) is 5.56 Å². The molecule has 5 heterocycles. The second-order valence-electron chi connectivity index (χ2n) is 17.0. The molecule has 2 amide bonds. The van der Waals surface area contributed by atoms with E-state index in [0.717, 1.165) is 92.0 Å². The highest BCUT2D eigenvalue weighted by Gasteiger charge is 2.42. The largest absolute Gasteiger partial charge is 0.488 e. The molecule has 0 aliphatic carbocycles. The highest BCUT2D eigenvalue weighted by molar-refractivity contribution is 9.10. The van der Waals surface area contributed by atoms with Crippen LogP contribution in [0.15, 0.2) is 52.1 Å². The normalized spacial score (nSPS) is 22.3. The third-order valence-corrected chi connectivity index (χ3v) is 11.4. The first-order chi connectivity index (χ1) is 25.0. The number of aliphatic imine (C=N–C) groups is 1. The third kappa shape index (κ3) is 6.59. The Hall–Kier alpha value is -4.38. The number of likely N-dealkylation sites (tertiary alicyclic amines) is 2. The molecule has 1 aromatic heterocycles. The molecule has 8 rings (SSSR count). The number of carbonyl (C=O) groups excluding carboxylic acids is 2. The fourth-order valence-electron chi connectivity index (χ4n) is 8.40. The Labute approximate surface area is 319 Å². The molecule has 53 heavy (non-hydrogen) atoms. The molecule has 11 heteroatoms. The summed E-state index contributed by atoms with van der Waals surface area (Å²) in [6.45, 7) is 16.0. The fraction of sp³-hybridized carbons (Fsp3) is 0.476. The van der Waals surface area contributed by atoms with Gasteiger partial charge in [-0.3, -0.25) is 14.8 Å². The number of rotatable bonds is 3. The second-order valence-corrected chi connectivity index (χ2v) is 17.8. The van der Waals surface area contributed by atoms with Gasteiger partial charge < -0.3 is 19.2 Å². The van der Waals surface area contributed by atoms with Gasteiger partial charge in [-0.25, -0.2) is 14.6 Å². The smallest absolute Gasteiger partial charge is 0.411 e. The predicted octanol–water partition coefficient (Wildman–Crippen LogP) is 10.4. The summed E-state index contributed by atoms with van der Waals surface area (Å²) in [5, 5.41) is 2.26. The number of hydrogen-bond acceptors (Lipinski definition) is 7. The maximum absolute atomic E-state index is 13.2. The number of nitrogens with one attached hydrogen (secondary N) is 1. The summed E-state index contributed by atoms with van der Waals surface area (Å²) >= 11 is 3.73. The van der Waals surface area contributed by atoms with Crippen molar-refractivity contribution in [2.24, 2.45) is 4.99 Å². The average Bonchev–Trinajstić information content (AvgIpc) is 3.86. The summed E-state index contributed by atoms with van der Waals surface area (Å²) in [4.78, 5) is 43.7. The standard InChI is InChI=1S/C42H48BrN5O5/c1-22-9-15-33(47(22)39(49)52-41(3,4)5)32-19-29-28-20-35-30(18-24(28)12-14-31(29)44-32)27-13-11-25(17-26(27)21-51-35)36-37(43)46-38(45-36)34-16-10-23(2)48(34)40(50)53-42(6,7)8/h11-14,17-18,20,22-23,33-34H,9-10,15-16,19,21H2,1-8H3,(H,45,46)/t22-,23-,33-,34-/m0/s1. The van der Waals surface area contributed by atoms with Gasteiger partial charge in [-0.2, -0.15) is 0 Å². The number of nitrogens with zero attached hydrogens (tertiary/aromatic N) is 4. The molecule has 0 saturated carbocycles. The maximum Gasteiger partial charge on any atom is 0.411 e. The number of hydrogen-bond donors (Lipinski definition) is 1. The van der Waals surface area contributed by atoms with Crippen molar-refractivity contribution in [3.8, 4) is 28.1 Å². The quantitative estimate of drug-likeness (QED) is 0.222. The van der Waals surface area contributed by atoms with E-state index in [4.69, 9.17) is 24.2 Å². The van der Waals surface area contributed by atoms with Crippen LogP contribution in [0.3, 0.4) is 0 Å². The number of H-pyrrole nitrogens is 1. The Bertz CT molecular complexity index is 2180. The Balaban J connectivity index is 1.05. The van der Waals surface area contributed by atoms with Crippen molar-refractivity contribution in [2.45, 2.75) is 129 Å². The maximum atomic E-state index is 13.2. The van der Waals surface area contributed by atoms with Gasteiger partial charge in [0.1, 0.15) is 39.7 Å². The summed E-state index contributed by atoms with van der Waals surface area (Å²) in [5.41, 5.74) is 7.06. The molecule has 4 aliphatic heterocycles. The van der Waals surface area contributed by atoms with Crippen LogP contribution in [0.2, 0.25) is 0 Å². The van der Waals surface area contributed by atoms with Crippen LogP contribution in [0.5, 0.6) is 5.75 Å². The summed E-state index contributed by atoms with van der Waals surface area (Å²) < 4.78 is 18.8. The van der Waals surface area contributed by atoms with Gasteiger partial charge in [0.05, 0.1) is 17.8 Å². The van der Waals surface area contributed by atoms with Crippen molar-refractivity contribution in [1.82, 2.24) is 19.8 Å². The molecule has 0 unspecified atom stereocenters. The highest BCUT2D eigenvalue weighted by atomic mass is 79.9. The molecule has 2 saturated heterocycles. The van der Waals surface area contributed by atoms with E-state index in [2.05, 4.69) is 77.2 Å². The SMILES string of the molecule is C[C@H]1CC[C@@H](C2=Nc3ccc4cc5c(cc4c3C2)OCc2cc(-c3nc([C@@H]4CC[C@H](C)N4C(=O)OC(C)(C)C)[nH]c3Br)ccc2-5)N1C(=O)OC(C)(C)C. The van der Waals surface area contributed by atoms with E-state index in [1.54, 1.807) is 0 Å². The minimum Gasteiger partial charge on any atom is -0.488 e. The molecular formula is C42H48BrN5O5. The lowest BCUT2D eigenvalue weighted by atomic mass is 9.91. The minimum atomic E-state index is -0.575. The van der Waals surface area contributed by atoms with Gasteiger partial charge in [0.2, 0.25) is 0 Å². The van der Waals surface area contributed by atoms with Crippen LogP contribution >= 0.6 is 15.9 Å². The van der Waals surface area contributed by atoms with Gasteiger partial charge in [0.15, 0.2) is 0 Å². The molecule has 3 aromatic carbocycles. The first kappa shape index (κ1) is 35.6. The van der Waals surface area contributed by atoms with Crippen molar-refractivity contribution in [3.05, 3.63) is 64.0 Å². The van der Waals surface area contributed by atoms with Crippen LogP contribution in [0.25, 0.3) is 33.2 Å². The molecule has 0 spiro atoms. The Morgan fingerprint density at radius 3 is 2.19 bits per heavy atom. The lowest BCUT2D eigenvalue weighted by molar-refractivity contribution is 0.0149. The van der Waals surface area contributed by atoms with E-state index in [1.807, 2.05) is 51.3 Å². The molecule has 2 fully saturated rings. The average molecular weight is 783 g/mol. The van der Waals surface area contributed by atoms with E-state index in [0.29, 0.717) is 13.0 Å².